The monoisotopic (exact) mass is 466 g/mol. The first kappa shape index (κ1) is 31.3. The third-order valence-corrected chi connectivity index (χ3v) is 3.97. The molecule has 192 valence electrons. The quantitative estimate of drug-likeness (QED) is 0.128. The van der Waals surface area contributed by atoms with Gasteiger partial charge < -0.3 is 49.4 Å². The minimum atomic E-state index is -0.299. The van der Waals surface area contributed by atoms with Gasteiger partial charge in [-0.1, -0.05) is 13.0 Å². The summed E-state index contributed by atoms with van der Waals surface area (Å²) in [6.07, 6.45) is 1.71. The van der Waals surface area contributed by atoms with Crippen LogP contribution >= 0.6 is 0 Å². The highest BCUT2D eigenvalue weighted by molar-refractivity contribution is 4.73. The molecule has 0 saturated heterocycles. The fourth-order valence-electron chi connectivity index (χ4n) is 2.41. The van der Waals surface area contributed by atoms with Gasteiger partial charge in [-0.05, 0) is 0 Å². The second kappa shape index (κ2) is 25.0. The molecule has 0 aromatic heterocycles. The molecule has 10 nitrogen and oxygen atoms in total. The van der Waals surface area contributed by atoms with Gasteiger partial charge in [0.25, 0.3) is 0 Å². The molecular formula is C22H46N2O8. The van der Waals surface area contributed by atoms with Crippen molar-refractivity contribution in [3.63, 3.8) is 0 Å². The number of hydrogen-bond donors (Lipinski definition) is 2. The van der Waals surface area contributed by atoms with E-state index in [0.29, 0.717) is 119 Å². The SMILES string of the molecule is C=CCOCCOCC(C)(COCCOCCOCCN)COCCOCCOCCN. The lowest BCUT2D eigenvalue weighted by molar-refractivity contribution is -0.0810. The van der Waals surface area contributed by atoms with Gasteiger partial charge in [0.2, 0.25) is 0 Å². The van der Waals surface area contributed by atoms with E-state index >= 15 is 0 Å². The zero-order chi connectivity index (χ0) is 23.6. The zero-order valence-electron chi connectivity index (χ0n) is 19.9. The maximum Gasteiger partial charge on any atom is 0.0704 e. The van der Waals surface area contributed by atoms with Crippen LogP contribution in [-0.4, -0.2) is 119 Å². The first-order valence-electron chi connectivity index (χ1n) is 11.3. The lowest BCUT2D eigenvalue weighted by atomic mass is 9.94. The molecule has 0 saturated carbocycles. The van der Waals surface area contributed by atoms with Gasteiger partial charge in [0.15, 0.2) is 0 Å². The fraction of sp³-hybridized carbons (Fsp3) is 0.909. The molecule has 0 spiro atoms. The Morgan fingerprint density at radius 2 is 0.844 bits per heavy atom. The van der Waals surface area contributed by atoms with Crippen LogP contribution in [0, 0.1) is 5.41 Å². The van der Waals surface area contributed by atoms with Crippen molar-refractivity contribution in [2.75, 3.05) is 119 Å². The van der Waals surface area contributed by atoms with Crippen LogP contribution in [0.3, 0.4) is 0 Å². The summed E-state index contributed by atoms with van der Waals surface area (Å²) in [4.78, 5) is 0. The van der Waals surface area contributed by atoms with E-state index in [1.165, 1.54) is 0 Å². The molecule has 0 bridgehead atoms. The van der Waals surface area contributed by atoms with Crippen molar-refractivity contribution in [1.82, 2.24) is 0 Å². The highest BCUT2D eigenvalue weighted by Crippen LogP contribution is 2.18. The topological polar surface area (TPSA) is 126 Å². The van der Waals surface area contributed by atoms with Gasteiger partial charge >= 0.3 is 0 Å². The first-order chi connectivity index (χ1) is 15.7. The summed E-state index contributed by atoms with van der Waals surface area (Å²) in [6, 6.07) is 0. The molecule has 0 atom stereocenters. The zero-order valence-corrected chi connectivity index (χ0v) is 19.9. The average Bonchev–Trinajstić information content (AvgIpc) is 2.79. The molecule has 0 aliphatic rings. The number of nitrogens with two attached hydrogens (primary N) is 2. The van der Waals surface area contributed by atoms with E-state index in [0.717, 1.165) is 0 Å². The number of ether oxygens (including phenoxy) is 8. The maximum absolute atomic E-state index is 5.81. The molecule has 0 rings (SSSR count). The van der Waals surface area contributed by atoms with Crippen molar-refractivity contribution >= 4 is 0 Å². The summed E-state index contributed by atoms with van der Waals surface area (Å²) < 4.78 is 44.2. The van der Waals surface area contributed by atoms with E-state index in [1.54, 1.807) is 6.08 Å². The lowest BCUT2D eigenvalue weighted by Crippen LogP contribution is -2.35. The molecule has 4 N–H and O–H groups in total. The summed E-state index contributed by atoms with van der Waals surface area (Å²) in [5, 5.41) is 0. The number of rotatable bonds is 27. The van der Waals surface area contributed by atoms with Gasteiger partial charge in [0.05, 0.1) is 106 Å². The van der Waals surface area contributed by atoms with Gasteiger partial charge in [0, 0.05) is 18.5 Å². The summed E-state index contributed by atoms with van der Waals surface area (Å²) in [6.45, 7) is 14.9. The molecule has 0 aromatic rings. The lowest BCUT2D eigenvalue weighted by Gasteiger charge is -2.29. The highest BCUT2D eigenvalue weighted by atomic mass is 16.6. The largest absolute Gasteiger partial charge is 0.378 e. The standard InChI is InChI=1S/C22H46N2O8/c1-3-6-25-13-16-30-19-22(2,20-31-17-14-28-11-9-26-7-4-23)21-32-18-15-29-12-10-27-8-5-24/h3H,1,4-21,23-24H2,2H3. The Labute approximate surface area is 193 Å². The molecule has 32 heavy (non-hydrogen) atoms. The normalized spacial score (nSPS) is 11.8. The van der Waals surface area contributed by atoms with Crippen molar-refractivity contribution in [2.45, 2.75) is 6.92 Å². The van der Waals surface area contributed by atoms with E-state index in [2.05, 4.69) is 13.5 Å². The van der Waals surface area contributed by atoms with Crippen LogP contribution in [0.4, 0.5) is 0 Å². The van der Waals surface area contributed by atoms with Crippen LogP contribution in [-0.2, 0) is 37.9 Å². The molecule has 0 heterocycles. The predicted octanol–water partition coefficient (Wildman–Crippen LogP) is 0.229. The van der Waals surface area contributed by atoms with Crippen molar-refractivity contribution in [3.05, 3.63) is 12.7 Å². The molecule has 0 unspecified atom stereocenters. The van der Waals surface area contributed by atoms with Gasteiger partial charge in [-0.25, -0.2) is 0 Å². The summed E-state index contributed by atoms with van der Waals surface area (Å²) >= 11 is 0. The first-order valence-corrected chi connectivity index (χ1v) is 11.3. The Bertz CT molecular complexity index is 369. The van der Waals surface area contributed by atoms with E-state index < -0.39 is 0 Å². The third-order valence-electron chi connectivity index (χ3n) is 3.97. The van der Waals surface area contributed by atoms with Gasteiger partial charge in [-0.3, -0.25) is 0 Å². The van der Waals surface area contributed by atoms with Crippen molar-refractivity contribution in [3.8, 4) is 0 Å². The van der Waals surface area contributed by atoms with Crippen LogP contribution in [0.15, 0.2) is 12.7 Å². The molecule has 10 heteroatoms. The van der Waals surface area contributed by atoms with Crippen LogP contribution < -0.4 is 11.5 Å². The molecule has 0 fully saturated rings. The van der Waals surface area contributed by atoms with E-state index in [9.17, 15) is 0 Å². The Balaban J connectivity index is 4.01. The Kier molecular flexibility index (Phi) is 24.5. The van der Waals surface area contributed by atoms with Gasteiger partial charge in [-0.15, -0.1) is 6.58 Å². The predicted molar refractivity (Wildman–Crippen MR) is 123 cm³/mol. The Hall–Kier alpha value is -0.660. The molecule has 0 aromatic carbocycles. The number of hydrogen-bond acceptors (Lipinski definition) is 10. The second-order valence-corrected chi connectivity index (χ2v) is 7.36. The minimum absolute atomic E-state index is 0.299. The molecular weight excluding hydrogens is 420 g/mol. The molecule has 0 radical (unpaired) electrons. The molecule has 0 amide bonds. The van der Waals surface area contributed by atoms with Crippen LogP contribution in [0.1, 0.15) is 6.92 Å². The van der Waals surface area contributed by atoms with Crippen LogP contribution in [0.25, 0.3) is 0 Å². The summed E-state index contributed by atoms with van der Waals surface area (Å²) in [5.41, 5.74) is 10.4. The summed E-state index contributed by atoms with van der Waals surface area (Å²) in [5.74, 6) is 0. The van der Waals surface area contributed by atoms with Crippen molar-refractivity contribution in [1.29, 1.82) is 0 Å². The van der Waals surface area contributed by atoms with Crippen LogP contribution in [0.5, 0.6) is 0 Å². The second-order valence-electron chi connectivity index (χ2n) is 7.36. The van der Waals surface area contributed by atoms with E-state index in [-0.39, 0.29) is 5.41 Å². The highest BCUT2D eigenvalue weighted by Gasteiger charge is 2.26. The van der Waals surface area contributed by atoms with E-state index in [4.69, 9.17) is 49.4 Å². The average molecular weight is 467 g/mol. The van der Waals surface area contributed by atoms with Gasteiger partial charge in [0.1, 0.15) is 0 Å². The maximum atomic E-state index is 5.81. The molecule has 0 aliphatic carbocycles. The van der Waals surface area contributed by atoms with Crippen LogP contribution in [0.2, 0.25) is 0 Å². The van der Waals surface area contributed by atoms with E-state index in [1.807, 2.05) is 0 Å². The fourth-order valence-corrected chi connectivity index (χ4v) is 2.41. The molecule has 0 aliphatic heterocycles. The van der Waals surface area contributed by atoms with Crippen molar-refractivity contribution in [2.24, 2.45) is 16.9 Å². The third kappa shape index (κ3) is 22.5. The van der Waals surface area contributed by atoms with Gasteiger partial charge in [-0.2, -0.15) is 0 Å². The smallest absolute Gasteiger partial charge is 0.0704 e. The minimum Gasteiger partial charge on any atom is -0.378 e. The Morgan fingerprint density at radius 1 is 0.531 bits per heavy atom. The Morgan fingerprint density at radius 3 is 1.19 bits per heavy atom. The summed E-state index contributed by atoms with van der Waals surface area (Å²) in [7, 11) is 0. The van der Waals surface area contributed by atoms with Crippen molar-refractivity contribution < 1.29 is 37.9 Å².